The fourth-order valence-corrected chi connectivity index (χ4v) is 3.15. The van der Waals surface area contributed by atoms with Gasteiger partial charge in [0.1, 0.15) is 11.4 Å². The molecule has 0 unspecified atom stereocenters. The zero-order valence-electron chi connectivity index (χ0n) is 18.8. The number of nitrogens with one attached hydrogen (secondary N) is 1. The number of ether oxygens (including phenoxy) is 2. The molecule has 1 fully saturated rings. The van der Waals surface area contributed by atoms with E-state index in [0.29, 0.717) is 32.6 Å². The lowest BCUT2D eigenvalue weighted by Gasteiger charge is -2.22. The van der Waals surface area contributed by atoms with Gasteiger partial charge in [0, 0.05) is 45.2 Å². The van der Waals surface area contributed by atoms with E-state index in [0.717, 1.165) is 11.3 Å². The van der Waals surface area contributed by atoms with Crippen molar-refractivity contribution in [3.05, 3.63) is 35.9 Å². The summed E-state index contributed by atoms with van der Waals surface area (Å²) in [6.07, 6.45) is 3.70. The Labute approximate surface area is 184 Å². The molecule has 1 aliphatic heterocycles. The van der Waals surface area contributed by atoms with E-state index in [-0.39, 0.29) is 24.8 Å². The molecule has 0 radical (unpaired) electrons. The van der Waals surface area contributed by atoms with Gasteiger partial charge >= 0.3 is 6.09 Å². The number of hydrogen-bond acceptors (Lipinski definition) is 5. The second-order valence-corrected chi connectivity index (χ2v) is 8.35. The summed E-state index contributed by atoms with van der Waals surface area (Å²) in [5.41, 5.74) is 0.312. The van der Waals surface area contributed by atoms with Crippen molar-refractivity contribution in [3.63, 3.8) is 0 Å². The lowest BCUT2D eigenvalue weighted by molar-refractivity contribution is -0.131. The third-order valence-electron chi connectivity index (χ3n) is 4.68. The van der Waals surface area contributed by atoms with E-state index in [2.05, 4.69) is 5.32 Å². The minimum Gasteiger partial charge on any atom is -0.497 e. The Morgan fingerprint density at radius 2 is 1.81 bits per heavy atom. The van der Waals surface area contributed by atoms with Crippen molar-refractivity contribution >= 4 is 24.0 Å². The van der Waals surface area contributed by atoms with Gasteiger partial charge in [0.2, 0.25) is 11.8 Å². The maximum Gasteiger partial charge on any atom is 0.407 e. The monoisotopic (exact) mass is 431 g/mol. The van der Waals surface area contributed by atoms with Crippen molar-refractivity contribution in [2.24, 2.45) is 0 Å². The zero-order valence-corrected chi connectivity index (χ0v) is 18.8. The van der Waals surface area contributed by atoms with E-state index in [4.69, 9.17) is 9.47 Å². The summed E-state index contributed by atoms with van der Waals surface area (Å²) < 4.78 is 10.4. The van der Waals surface area contributed by atoms with Gasteiger partial charge in [0.05, 0.1) is 7.11 Å². The Hall–Kier alpha value is -3.03. The fourth-order valence-electron chi connectivity index (χ4n) is 3.15. The van der Waals surface area contributed by atoms with Crippen LogP contribution in [0.1, 0.15) is 39.2 Å². The van der Waals surface area contributed by atoms with Crippen molar-refractivity contribution < 1.29 is 23.9 Å². The molecule has 8 heteroatoms. The number of hydrogen-bond donors (Lipinski definition) is 1. The van der Waals surface area contributed by atoms with E-state index < -0.39 is 11.7 Å². The van der Waals surface area contributed by atoms with Crippen molar-refractivity contribution in [1.29, 1.82) is 0 Å². The maximum absolute atomic E-state index is 12.6. The SMILES string of the molecule is COc1cccc(/C=C/C(=O)N2CCCN(C(=O)CCNC(=O)OC(C)(C)C)CC2)c1. The molecule has 1 aromatic carbocycles. The number of carbonyl (C=O) groups is 3. The van der Waals surface area contributed by atoms with E-state index >= 15 is 0 Å². The summed E-state index contributed by atoms with van der Waals surface area (Å²) in [7, 11) is 1.60. The molecule has 31 heavy (non-hydrogen) atoms. The third-order valence-corrected chi connectivity index (χ3v) is 4.68. The second kappa shape index (κ2) is 11.4. The third kappa shape index (κ3) is 8.70. The highest BCUT2D eigenvalue weighted by molar-refractivity contribution is 5.92. The van der Waals surface area contributed by atoms with Gasteiger partial charge in [0.15, 0.2) is 0 Å². The molecular weight excluding hydrogens is 398 g/mol. The molecule has 1 N–H and O–H groups in total. The van der Waals surface area contributed by atoms with E-state index in [1.165, 1.54) is 0 Å². The highest BCUT2D eigenvalue weighted by Crippen LogP contribution is 2.14. The van der Waals surface area contributed by atoms with Crippen molar-refractivity contribution in [3.8, 4) is 5.75 Å². The minimum atomic E-state index is -0.574. The molecule has 0 atom stereocenters. The Bertz CT molecular complexity index is 801. The number of rotatable bonds is 6. The van der Waals surface area contributed by atoms with Gasteiger partial charge in [-0.1, -0.05) is 12.1 Å². The van der Waals surface area contributed by atoms with Gasteiger partial charge in [-0.15, -0.1) is 0 Å². The molecule has 170 valence electrons. The van der Waals surface area contributed by atoms with E-state index in [1.807, 2.05) is 24.3 Å². The van der Waals surface area contributed by atoms with Crippen LogP contribution in [0.2, 0.25) is 0 Å². The van der Waals surface area contributed by atoms with Crippen LogP contribution in [0.25, 0.3) is 6.08 Å². The lowest BCUT2D eigenvalue weighted by atomic mass is 10.2. The average Bonchev–Trinajstić information content (AvgIpc) is 2.97. The summed E-state index contributed by atoms with van der Waals surface area (Å²) in [6.45, 7) is 7.72. The molecule has 2 rings (SSSR count). The highest BCUT2D eigenvalue weighted by Gasteiger charge is 2.21. The number of nitrogens with zero attached hydrogens (tertiary/aromatic N) is 2. The average molecular weight is 432 g/mol. The number of amides is 3. The first-order valence-corrected chi connectivity index (χ1v) is 10.5. The number of alkyl carbamates (subject to hydrolysis) is 1. The summed E-state index contributed by atoms with van der Waals surface area (Å²) in [6, 6.07) is 7.48. The maximum atomic E-state index is 12.6. The van der Waals surface area contributed by atoms with Gasteiger partial charge in [-0.05, 0) is 51.0 Å². The summed E-state index contributed by atoms with van der Waals surface area (Å²) in [4.78, 5) is 40.2. The first-order chi connectivity index (χ1) is 14.7. The van der Waals surface area contributed by atoms with E-state index in [9.17, 15) is 14.4 Å². The molecule has 1 heterocycles. The van der Waals surface area contributed by atoms with Crippen LogP contribution < -0.4 is 10.1 Å². The lowest BCUT2D eigenvalue weighted by Crippen LogP contribution is -2.39. The fraction of sp³-hybridized carbons (Fsp3) is 0.522. The molecule has 0 spiro atoms. The van der Waals surface area contributed by atoms with Crippen LogP contribution >= 0.6 is 0 Å². The Morgan fingerprint density at radius 3 is 2.52 bits per heavy atom. The van der Waals surface area contributed by atoms with Crippen LogP contribution in [0.4, 0.5) is 4.79 Å². The van der Waals surface area contributed by atoms with Crippen LogP contribution in [0.3, 0.4) is 0 Å². The standard InChI is InChI=1S/C23H33N3O5/c1-23(2,3)31-22(29)24-12-11-21(28)26-14-6-13-25(15-16-26)20(27)10-9-18-7-5-8-19(17-18)30-4/h5,7-10,17H,6,11-16H2,1-4H3,(H,24,29)/b10-9+. The largest absolute Gasteiger partial charge is 0.497 e. The van der Waals surface area contributed by atoms with Crippen LogP contribution in [0.15, 0.2) is 30.3 Å². The van der Waals surface area contributed by atoms with Crippen LogP contribution in [0.5, 0.6) is 5.75 Å². The summed E-state index contributed by atoms with van der Waals surface area (Å²) >= 11 is 0. The molecule has 8 nitrogen and oxygen atoms in total. The first-order valence-electron chi connectivity index (χ1n) is 10.5. The summed E-state index contributed by atoms with van der Waals surface area (Å²) in [5.74, 6) is 0.612. The number of methoxy groups -OCH3 is 1. The first kappa shape index (κ1) is 24.2. The molecule has 1 aliphatic rings. The van der Waals surface area contributed by atoms with Gasteiger partial charge in [-0.3, -0.25) is 9.59 Å². The van der Waals surface area contributed by atoms with E-state index in [1.54, 1.807) is 49.8 Å². The molecule has 0 aliphatic carbocycles. The predicted octanol–water partition coefficient (Wildman–Crippen LogP) is 2.68. The van der Waals surface area contributed by atoms with Crippen molar-refractivity contribution in [2.75, 3.05) is 39.8 Å². The van der Waals surface area contributed by atoms with Crippen LogP contribution in [-0.2, 0) is 14.3 Å². The Kier molecular flexibility index (Phi) is 8.90. The summed E-state index contributed by atoms with van der Waals surface area (Å²) in [5, 5.41) is 2.60. The highest BCUT2D eigenvalue weighted by atomic mass is 16.6. The van der Waals surface area contributed by atoms with Gasteiger partial charge in [0.25, 0.3) is 0 Å². The molecule has 0 saturated carbocycles. The van der Waals surface area contributed by atoms with Crippen molar-refractivity contribution in [2.45, 2.75) is 39.2 Å². The molecule has 0 aromatic heterocycles. The smallest absolute Gasteiger partial charge is 0.407 e. The van der Waals surface area contributed by atoms with Gasteiger partial charge < -0.3 is 24.6 Å². The topological polar surface area (TPSA) is 88.2 Å². The molecule has 1 saturated heterocycles. The number of benzene rings is 1. The quantitative estimate of drug-likeness (QED) is 0.700. The Balaban J connectivity index is 1.79. The van der Waals surface area contributed by atoms with Crippen molar-refractivity contribution in [1.82, 2.24) is 15.1 Å². The molecular formula is C23H33N3O5. The van der Waals surface area contributed by atoms with Gasteiger partial charge in [-0.25, -0.2) is 4.79 Å². The van der Waals surface area contributed by atoms with Crippen LogP contribution in [0, 0.1) is 0 Å². The molecule has 0 bridgehead atoms. The van der Waals surface area contributed by atoms with Gasteiger partial charge in [-0.2, -0.15) is 0 Å². The molecule has 1 aromatic rings. The number of carbonyl (C=O) groups excluding carboxylic acids is 3. The zero-order chi connectivity index (χ0) is 22.9. The minimum absolute atomic E-state index is 0.0442. The second-order valence-electron chi connectivity index (χ2n) is 8.35. The predicted molar refractivity (Wildman–Crippen MR) is 119 cm³/mol. The van der Waals surface area contributed by atoms with Crippen LogP contribution in [-0.4, -0.2) is 73.1 Å². The normalized spacial score (nSPS) is 14.8. The Morgan fingerprint density at radius 1 is 1.10 bits per heavy atom. The molecule has 3 amide bonds.